The number of nitrogens with two attached hydrogens (primary N) is 1. The first-order valence-corrected chi connectivity index (χ1v) is 5.77. The Morgan fingerprint density at radius 1 is 1.69 bits per heavy atom. The molecule has 0 radical (unpaired) electrons. The average molecular weight is 238 g/mol. The number of urea groups is 1. The summed E-state index contributed by atoms with van der Waals surface area (Å²) in [4.78, 5) is 16.1. The minimum atomic E-state index is -0.241. The summed E-state index contributed by atoms with van der Waals surface area (Å²) in [6, 6.07) is -0.241. The number of carbonyl (C=O) groups excluding carboxylic acids is 1. The van der Waals surface area contributed by atoms with Crippen molar-refractivity contribution in [3.8, 4) is 11.8 Å². The van der Waals surface area contributed by atoms with Crippen molar-refractivity contribution in [3.05, 3.63) is 11.1 Å². The zero-order chi connectivity index (χ0) is 11.8. The normalized spacial score (nSPS) is 9.12. The number of anilines is 1. The van der Waals surface area contributed by atoms with Gasteiger partial charge in [0.05, 0.1) is 17.6 Å². The molecule has 0 aliphatic carbocycles. The number of nitrogens with one attached hydrogen (secondary N) is 2. The maximum absolute atomic E-state index is 11.3. The van der Waals surface area contributed by atoms with E-state index in [2.05, 4.69) is 27.5 Å². The smallest absolute Gasteiger partial charge is 0.321 e. The Morgan fingerprint density at radius 2 is 2.50 bits per heavy atom. The lowest BCUT2D eigenvalue weighted by atomic mass is 10.5. The van der Waals surface area contributed by atoms with Crippen LogP contribution in [0, 0.1) is 11.8 Å². The van der Waals surface area contributed by atoms with Gasteiger partial charge in [-0.25, -0.2) is 9.78 Å². The van der Waals surface area contributed by atoms with Crippen LogP contribution in [0.25, 0.3) is 0 Å². The van der Waals surface area contributed by atoms with E-state index in [1.165, 1.54) is 11.3 Å². The van der Waals surface area contributed by atoms with E-state index < -0.39 is 0 Å². The number of aromatic nitrogens is 1. The van der Waals surface area contributed by atoms with Crippen LogP contribution in [0.15, 0.2) is 6.20 Å². The van der Waals surface area contributed by atoms with Gasteiger partial charge in [-0.15, -0.1) is 0 Å². The minimum Gasteiger partial charge on any atom is -0.338 e. The Labute approximate surface area is 98.4 Å². The minimum absolute atomic E-state index is 0.241. The largest absolute Gasteiger partial charge is 0.338 e. The van der Waals surface area contributed by atoms with Crippen LogP contribution in [0.2, 0.25) is 0 Å². The van der Waals surface area contributed by atoms with Gasteiger partial charge in [-0.05, 0) is 6.42 Å². The van der Waals surface area contributed by atoms with Gasteiger partial charge < -0.3 is 11.1 Å². The molecule has 1 rings (SSSR count). The van der Waals surface area contributed by atoms with Crippen molar-refractivity contribution < 1.29 is 4.79 Å². The summed E-state index contributed by atoms with van der Waals surface area (Å²) in [5.41, 5.74) is 5.25. The zero-order valence-electron chi connectivity index (χ0n) is 9.04. The molecule has 0 aliphatic rings. The predicted molar refractivity (Wildman–Crippen MR) is 65.4 cm³/mol. The van der Waals surface area contributed by atoms with Crippen molar-refractivity contribution in [2.24, 2.45) is 5.73 Å². The first kappa shape index (κ1) is 12.5. The Balaban J connectivity index is 2.48. The van der Waals surface area contributed by atoms with Gasteiger partial charge in [0.25, 0.3) is 0 Å². The monoisotopic (exact) mass is 238 g/mol. The number of rotatable bonds is 3. The van der Waals surface area contributed by atoms with Crippen LogP contribution in [0.1, 0.15) is 18.2 Å². The highest BCUT2D eigenvalue weighted by molar-refractivity contribution is 7.16. The molecule has 1 aromatic rings. The molecule has 0 saturated heterocycles. The summed E-state index contributed by atoms with van der Waals surface area (Å²) in [5, 5.41) is 5.86. The highest BCUT2D eigenvalue weighted by Gasteiger charge is 2.03. The molecule has 1 aromatic heterocycles. The molecule has 2 amide bonds. The third-order valence-electron chi connectivity index (χ3n) is 1.58. The molecule has 4 N–H and O–H groups in total. The van der Waals surface area contributed by atoms with Crippen LogP contribution in [0.3, 0.4) is 0 Å². The summed E-state index contributed by atoms with van der Waals surface area (Å²) in [6.45, 7) is 2.96. The van der Waals surface area contributed by atoms with E-state index in [0.29, 0.717) is 18.2 Å². The second-order valence-corrected chi connectivity index (χ2v) is 3.95. The van der Waals surface area contributed by atoms with Crippen LogP contribution >= 0.6 is 11.3 Å². The fraction of sp³-hybridized carbons (Fsp3) is 0.400. The summed E-state index contributed by atoms with van der Waals surface area (Å²) in [7, 11) is 0. The van der Waals surface area contributed by atoms with Crippen molar-refractivity contribution in [2.45, 2.75) is 13.3 Å². The molecule has 0 aliphatic heterocycles. The second kappa shape index (κ2) is 6.82. The van der Waals surface area contributed by atoms with Crippen LogP contribution in [-0.4, -0.2) is 24.1 Å². The summed E-state index contributed by atoms with van der Waals surface area (Å²) >= 11 is 1.32. The van der Waals surface area contributed by atoms with Crippen LogP contribution in [-0.2, 0) is 0 Å². The van der Waals surface area contributed by atoms with Crippen LogP contribution in [0.5, 0.6) is 0 Å². The van der Waals surface area contributed by atoms with Crippen molar-refractivity contribution in [3.63, 3.8) is 0 Å². The van der Waals surface area contributed by atoms with Gasteiger partial charge in [0, 0.05) is 6.54 Å². The van der Waals surface area contributed by atoms with E-state index >= 15 is 0 Å². The molecule has 86 valence electrons. The molecule has 5 nitrogen and oxygen atoms in total. The molecule has 0 aromatic carbocycles. The molecular weight excluding hydrogens is 224 g/mol. The van der Waals surface area contributed by atoms with Gasteiger partial charge in [-0.2, -0.15) is 0 Å². The Hall–Kier alpha value is -1.58. The zero-order valence-corrected chi connectivity index (χ0v) is 9.86. The van der Waals surface area contributed by atoms with E-state index in [-0.39, 0.29) is 6.03 Å². The van der Waals surface area contributed by atoms with E-state index in [4.69, 9.17) is 5.73 Å². The lowest BCUT2D eigenvalue weighted by Gasteiger charge is -2.02. The van der Waals surface area contributed by atoms with Gasteiger partial charge in [-0.1, -0.05) is 30.1 Å². The van der Waals surface area contributed by atoms with Gasteiger partial charge in [0.2, 0.25) is 0 Å². The number of hydrogen-bond acceptors (Lipinski definition) is 4. The molecule has 16 heavy (non-hydrogen) atoms. The molecule has 1 heterocycles. The quantitative estimate of drug-likeness (QED) is 0.687. The predicted octanol–water partition coefficient (Wildman–Crippen LogP) is 0.985. The third kappa shape index (κ3) is 4.29. The number of nitrogens with zero attached hydrogens (tertiary/aromatic N) is 1. The Bertz CT molecular complexity index is 404. The molecular formula is C10H14N4OS. The molecule has 6 heteroatoms. The fourth-order valence-electron chi connectivity index (χ4n) is 0.908. The highest BCUT2D eigenvalue weighted by Crippen LogP contribution is 2.16. The first-order valence-electron chi connectivity index (χ1n) is 4.96. The molecule has 0 atom stereocenters. The number of carbonyl (C=O) groups is 1. The standard InChI is InChI=1S/C10H14N4OS/c1-2-6-12-9(15)14-10-13-7-8(16-10)4-3-5-11/h7H,2,5-6,11H2,1H3,(H2,12,13,14,15). The maximum atomic E-state index is 11.3. The van der Waals surface area contributed by atoms with E-state index in [1.807, 2.05) is 6.92 Å². The average Bonchev–Trinajstić information content (AvgIpc) is 2.71. The van der Waals surface area contributed by atoms with Crippen molar-refractivity contribution in [1.82, 2.24) is 10.3 Å². The van der Waals surface area contributed by atoms with Gasteiger partial charge in [0.1, 0.15) is 0 Å². The summed E-state index contributed by atoms with van der Waals surface area (Å²) in [5.74, 6) is 5.58. The Morgan fingerprint density at radius 3 is 3.19 bits per heavy atom. The number of amides is 2. The van der Waals surface area contributed by atoms with E-state index in [1.54, 1.807) is 6.20 Å². The lowest BCUT2D eigenvalue weighted by molar-refractivity contribution is 0.252. The maximum Gasteiger partial charge on any atom is 0.321 e. The van der Waals surface area contributed by atoms with Gasteiger partial charge >= 0.3 is 6.03 Å². The summed E-state index contributed by atoms with van der Waals surface area (Å²) < 4.78 is 0. The third-order valence-corrected chi connectivity index (χ3v) is 2.40. The topological polar surface area (TPSA) is 80.0 Å². The molecule has 0 saturated carbocycles. The molecule has 0 spiro atoms. The Kier molecular flexibility index (Phi) is 5.32. The van der Waals surface area contributed by atoms with Gasteiger partial charge in [0.15, 0.2) is 5.13 Å². The van der Waals surface area contributed by atoms with Gasteiger partial charge in [-0.3, -0.25) is 5.32 Å². The highest BCUT2D eigenvalue weighted by atomic mass is 32.1. The second-order valence-electron chi connectivity index (χ2n) is 2.92. The van der Waals surface area contributed by atoms with Crippen molar-refractivity contribution in [1.29, 1.82) is 0 Å². The SMILES string of the molecule is CCCNC(=O)Nc1ncc(C#CCN)s1. The lowest BCUT2D eigenvalue weighted by Crippen LogP contribution is -2.29. The number of hydrogen-bond donors (Lipinski definition) is 3. The van der Waals surface area contributed by atoms with Crippen molar-refractivity contribution >= 4 is 22.5 Å². The first-order chi connectivity index (χ1) is 7.76. The van der Waals surface area contributed by atoms with Crippen LogP contribution < -0.4 is 16.4 Å². The number of thiazole rings is 1. The van der Waals surface area contributed by atoms with E-state index in [9.17, 15) is 4.79 Å². The molecule has 0 fully saturated rings. The molecule has 0 bridgehead atoms. The van der Waals surface area contributed by atoms with E-state index in [0.717, 1.165) is 11.3 Å². The molecule has 0 unspecified atom stereocenters. The summed E-state index contributed by atoms with van der Waals surface area (Å²) in [6.07, 6.45) is 2.52. The fourth-order valence-corrected chi connectivity index (χ4v) is 1.59. The van der Waals surface area contributed by atoms with Crippen LogP contribution in [0.4, 0.5) is 9.93 Å². The van der Waals surface area contributed by atoms with Crippen molar-refractivity contribution in [2.75, 3.05) is 18.4 Å².